The number of ether oxygens (including phenoxy) is 2. The summed E-state index contributed by atoms with van der Waals surface area (Å²) >= 11 is 0. The molecule has 0 atom stereocenters. The highest BCUT2D eigenvalue weighted by Gasteiger charge is 2.22. The van der Waals surface area contributed by atoms with Crippen molar-refractivity contribution in [3.8, 4) is 22.6 Å². The molecule has 1 saturated heterocycles. The van der Waals surface area contributed by atoms with Crippen LogP contribution in [0.3, 0.4) is 0 Å². The normalized spacial score (nSPS) is 14.8. The number of para-hydroxylation sites is 1. The van der Waals surface area contributed by atoms with E-state index in [0.717, 1.165) is 48.6 Å². The first-order chi connectivity index (χ1) is 12.2. The molecule has 4 heteroatoms. The third-order valence-corrected chi connectivity index (χ3v) is 4.50. The van der Waals surface area contributed by atoms with Gasteiger partial charge in [-0.25, -0.2) is 0 Å². The van der Waals surface area contributed by atoms with E-state index >= 15 is 0 Å². The number of carbonyl (C=O) groups excluding carboxylic acids is 1. The van der Waals surface area contributed by atoms with Crippen LogP contribution < -0.4 is 9.47 Å². The molecule has 1 heterocycles. The van der Waals surface area contributed by atoms with Crippen molar-refractivity contribution in [2.24, 2.45) is 0 Å². The van der Waals surface area contributed by atoms with Crippen molar-refractivity contribution in [3.05, 3.63) is 61.2 Å². The predicted octanol–water partition coefficient (Wildman–Crippen LogP) is 3.92. The van der Waals surface area contributed by atoms with Crippen molar-refractivity contribution in [3.63, 3.8) is 0 Å². The molecule has 25 heavy (non-hydrogen) atoms. The van der Waals surface area contributed by atoms with E-state index in [-0.39, 0.29) is 12.0 Å². The molecular formula is C21H23NO3. The van der Waals surface area contributed by atoms with Crippen molar-refractivity contribution in [2.45, 2.75) is 18.9 Å². The van der Waals surface area contributed by atoms with Crippen LogP contribution in [-0.2, 0) is 4.79 Å². The minimum Gasteiger partial charge on any atom is -0.496 e. The Morgan fingerprint density at radius 1 is 1.12 bits per heavy atom. The summed E-state index contributed by atoms with van der Waals surface area (Å²) < 4.78 is 11.5. The maximum Gasteiger partial charge on any atom is 0.245 e. The van der Waals surface area contributed by atoms with Gasteiger partial charge in [-0.2, -0.15) is 0 Å². The van der Waals surface area contributed by atoms with Gasteiger partial charge in [-0.1, -0.05) is 36.9 Å². The van der Waals surface area contributed by atoms with E-state index < -0.39 is 0 Å². The summed E-state index contributed by atoms with van der Waals surface area (Å²) in [5.74, 6) is 1.71. The maximum atomic E-state index is 11.6. The molecule has 1 fully saturated rings. The molecule has 0 spiro atoms. The predicted molar refractivity (Wildman–Crippen MR) is 98.9 cm³/mol. The van der Waals surface area contributed by atoms with Gasteiger partial charge in [-0.15, -0.1) is 0 Å². The fourth-order valence-electron chi connectivity index (χ4n) is 3.11. The Hall–Kier alpha value is -2.75. The fraction of sp³-hybridized carbons (Fsp3) is 0.286. The number of hydrogen-bond acceptors (Lipinski definition) is 3. The number of likely N-dealkylation sites (tertiary alicyclic amines) is 1. The standard InChI is InChI=1S/C21H23NO3/c1-3-21(23)22-14-12-18(13-15-22)25-17-10-8-16(9-11-17)19-6-4-5-7-20(19)24-2/h3-11,18H,1,12-15H2,2H3. The van der Waals surface area contributed by atoms with Crippen LogP contribution in [0.4, 0.5) is 0 Å². The zero-order valence-corrected chi connectivity index (χ0v) is 14.5. The second kappa shape index (κ2) is 7.88. The topological polar surface area (TPSA) is 38.8 Å². The number of piperidine rings is 1. The fourth-order valence-corrected chi connectivity index (χ4v) is 3.11. The Bertz CT molecular complexity index is 731. The van der Waals surface area contributed by atoms with Gasteiger partial charge in [0.2, 0.25) is 5.91 Å². The highest BCUT2D eigenvalue weighted by molar-refractivity contribution is 5.87. The Balaban J connectivity index is 1.62. The van der Waals surface area contributed by atoms with E-state index in [0.29, 0.717) is 0 Å². The lowest BCUT2D eigenvalue weighted by Crippen LogP contribution is -2.41. The molecule has 2 aromatic rings. The average molecular weight is 337 g/mol. The Labute approximate surface area is 148 Å². The molecule has 0 aromatic heterocycles. The molecule has 3 rings (SSSR count). The Morgan fingerprint density at radius 2 is 1.80 bits per heavy atom. The second-order valence-electron chi connectivity index (χ2n) is 6.07. The van der Waals surface area contributed by atoms with Crippen LogP contribution in [-0.4, -0.2) is 37.1 Å². The van der Waals surface area contributed by atoms with Gasteiger partial charge in [0.15, 0.2) is 0 Å². The molecular weight excluding hydrogens is 314 g/mol. The van der Waals surface area contributed by atoms with Gasteiger partial charge in [0.25, 0.3) is 0 Å². The Kier molecular flexibility index (Phi) is 5.39. The van der Waals surface area contributed by atoms with Crippen LogP contribution >= 0.6 is 0 Å². The highest BCUT2D eigenvalue weighted by atomic mass is 16.5. The van der Waals surface area contributed by atoms with Gasteiger partial charge in [0, 0.05) is 31.5 Å². The molecule has 1 amide bonds. The summed E-state index contributed by atoms with van der Waals surface area (Å²) in [6.07, 6.45) is 3.20. The largest absolute Gasteiger partial charge is 0.496 e. The van der Waals surface area contributed by atoms with Crippen LogP contribution in [0.1, 0.15) is 12.8 Å². The van der Waals surface area contributed by atoms with Gasteiger partial charge in [0.05, 0.1) is 7.11 Å². The van der Waals surface area contributed by atoms with Crippen molar-refractivity contribution in [1.29, 1.82) is 0 Å². The molecule has 0 radical (unpaired) electrons. The molecule has 2 aromatic carbocycles. The number of carbonyl (C=O) groups is 1. The van der Waals surface area contributed by atoms with Gasteiger partial charge in [-0.05, 0) is 29.8 Å². The van der Waals surface area contributed by atoms with Crippen molar-refractivity contribution in [1.82, 2.24) is 4.90 Å². The minimum atomic E-state index is -0.000360. The first-order valence-electron chi connectivity index (χ1n) is 8.52. The Morgan fingerprint density at radius 3 is 2.44 bits per heavy atom. The quantitative estimate of drug-likeness (QED) is 0.776. The van der Waals surface area contributed by atoms with E-state index in [1.165, 1.54) is 6.08 Å². The highest BCUT2D eigenvalue weighted by Crippen LogP contribution is 2.31. The molecule has 0 unspecified atom stereocenters. The van der Waals surface area contributed by atoms with Crippen LogP contribution in [0.5, 0.6) is 11.5 Å². The molecule has 0 saturated carbocycles. The first-order valence-corrected chi connectivity index (χ1v) is 8.52. The maximum absolute atomic E-state index is 11.6. The molecule has 0 N–H and O–H groups in total. The summed E-state index contributed by atoms with van der Waals surface area (Å²) in [7, 11) is 1.68. The van der Waals surface area contributed by atoms with Gasteiger partial charge < -0.3 is 14.4 Å². The zero-order valence-electron chi connectivity index (χ0n) is 14.5. The van der Waals surface area contributed by atoms with Crippen molar-refractivity contribution < 1.29 is 14.3 Å². The van der Waals surface area contributed by atoms with Crippen LogP contribution in [0.25, 0.3) is 11.1 Å². The summed E-state index contributed by atoms with van der Waals surface area (Å²) in [6, 6.07) is 16.0. The van der Waals surface area contributed by atoms with E-state index in [1.54, 1.807) is 7.11 Å². The van der Waals surface area contributed by atoms with Crippen LogP contribution in [0.2, 0.25) is 0 Å². The minimum absolute atomic E-state index is 0.000360. The number of hydrogen-bond donors (Lipinski definition) is 0. The van der Waals surface area contributed by atoms with Gasteiger partial charge in [-0.3, -0.25) is 4.79 Å². The lowest BCUT2D eigenvalue weighted by Gasteiger charge is -2.31. The third-order valence-electron chi connectivity index (χ3n) is 4.50. The van der Waals surface area contributed by atoms with Crippen LogP contribution in [0.15, 0.2) is 61.2 Å². The lowest BCUT2D eigenvalue weighted by molar-refractivity contribution is -0.127. The van der Waals surface area contributed by atoms with E-state index in [9.17, 15) is 4.79 Å². The SMILES string of the molecule is C=CC(=O)N1CCC(Oc2ccc(-c3ccccc3OC)cc2)CC1. The monoisotopic (exact) mass is 337 g/mol. The molecule has 0 aliphatic carbocycles. The van der Waals surface area contributed by atoms with Gasteiger partial charge >= 0.3 is 0 Å². The van der Waals surface area contributed by atoms with E-state index in [1.807, 2.05) is 53.4 Å². The molecule has 1 aliphatic rings. The smallest absolute Gasteiger partial charge is 0.245 e. The van der Waals surface area contributed by atoms with Crippen LogP contribution in [0, 0.1) is 0 Å². The number of rotatable bonds is 5. The average Bonchev–Trinajstić information content (AvgIpc) is 2.68. The zero-order chi connectivity index (χ0) is 17.6. The number of methoxy groups -OCH3 is 1. The summed E-state index contributed by atoms with van der Waals surface area (Å²) in [4.78, 5) is 13.4. The first kappa shape index (κ1) is 17.1. The van der Waals surface area contributed by atoms with Crippen molar-refractivity contribution in [2.75, 3.05) is 20.2 Å². The summed E-state index contributed by atoms with van der Waals surface area (Å²) in [5.41, 5.74) is 2.16. The van der Waals surface area contributed by atoms with E-state index in [2.05, 4.69) is 6.58 Å². The number of amides is 1. The van der Waals surface area contributed by atoms with Crippen molar-refractivity contribution >= 4 is 5.91 Å². The summed E-state index contributed by atoms with van der Waals surface area (Å²) in [6.45, 7) is 4.97. The van der Waals surface area contributed by atoms with E-state index in [4.69, 9.17) is 9.47 Å². The summed E-state index contributed by atoms with van der Waals surface area (Å²) in [5, 5.41) is 0. The van der Waals surface area contributed by atoms with Gasteiger partial charge in [0.1, 0.15) is 17.6 Å². The molecule has 0 bridgehead atoms. The third kappa shape index (κ3) is 4.02. The molecule has 130 valence electrons. The molecule has 1 aliphatic heterocycles. The second-order valence-corrected chi connectivity index (χ2v) is 6.07. The number of nitrogens with zero attached hydrogens (tertiary/aromatic N) is 1. The lowest BCUT2D eigenvalue weighted by atomic mass is 10.0. The number of benzene rings is 2. The molecule has 4 nitrogen and oxygen atoms in total.